The zero-order valence-electron chi connectivity index (χ0n) is 13.7. The Bertz CT molecular complexity index is 481. The Morgan fingerprint density at radius 3 is 2.52 bits per heavy atom. The highest BCUT2D eigenvalue weighted by atomic mass is 16.5. The molecule has 0 saturated heterocycles. The summed E-state index contributed by atoms with van der Waals surface area (Å²) in [7, 11) is 3.18. The standard InChI is InChI=1S/C16H26N2O3/c1-11(15(19)17-5)21-14-12(10-18-16(2,3)4)8-7-9-13(14)20-6/h7-9,11,18H,10H2,1-6H3,(H,17,19). The van der Waals surface area contributed by atoms with E-state index in [-0.39, 0.29) is 11.4 Å². The van der Waals surface area contributed by atoms with Gasteiger partial charge in [-0.15, -0.1) is 0 Å². The van der Waals surface area contributed by atoms with Crippen LogP contribution in [0.25, 0.3) is 0 Å². The Kier molecular flexibility index (Phi) is 6.03. The van der Waals surface area contributed by atoms with Crippen molar-refractivity contribution in [2.75, 3.05) is 14.2 Å². The van der Waals surface area contributed by atoms with Crippen LogP contribution in [0.15, 0.2) is 18.2 Å². The van der Waals surface area contributed by atoms with Crippen molar-refractivity contribution >= 4 is 5.91 Å². The molecule has 1 atom stereocenters. The molecule has 1 aromatic carbocycles. The number of hydrogen-bond acceptors (Lipinski definition) is 4. The average Bonchev–Trinajstić information content (AvgIpc) is 2.44. The van der Waals surface area contributed by atoms with Gasteiger partial charge in [-0.2, -0.15) is 0 Å². The first-order valence-corrected chi connectivity index (χ1v) is 7.07. The van der Waals surface area contributed by atoms with Crippen molar-refractivity contribution in [3.63, 3.8) is 0 Å². The largest absolute Gasteiger partial charge is 0.493 e. The lowest BCUT2D eigenvalue weighted by atomic mass is 10.1. The third-order valence-electron chi connectivity index (χ3n) is 3.00. The first-order chi connectivity index (χ1) is 9.78. The highest BCUT2D eigenvalue weighted by molar-refractivity contribution is 5.80. The van der Waals surface area contributed by atoms with Crippen LogP contribution >= 0.6 is 0 Å². The molecule has 118 valence electrons. The maximum absolute atomic E-state index is 11.7. The number of rotatable bonds is 6. The predicted octanol–water partition coefficient (Wildman–Crippen LogP) is 2.10. The second kappa shape index (κ2) is 7.31. The Hall–Kier alpha value is -1.75. The minimum absolute atomic E-state index is 0.00719. The lowest BCUT2D eigenvalue weighted by Crippen LogP contribution is -2.36. The molecule has 5 heteroatoms. The number of carbonyl (C=O) groups excluding carboxylic acids is 1. The molecule has 0 aliphatic rings. The number of methoxy groups -OCH3 is 1. The minimum atomic E-state index is -0.584. The highest BCUT2D eigenvalue weighted by Crippen LogP contribution is 2.32. The summed E-state index contributed by atoms with van der Waals surface area (Å²) in [6.45, 7) is 8.64. The summed E-state index contributed by atoms with van der Waals surface area (Å²) in [6, 6.07) is 5.70. The van der Waals surface area contributed by atoms with E-state index in [1.165, 1.54) is 0 Å². The van der Waals surface area contributed by atoms with Crippen molar-refractivity contribution in [1.82, 2.24) is 10.6 Å². The van der Waals surface area contributed by atoms with Crippen LogP contribution in [0.2, 0.25) is 0 Å². The van der Waals surface area contributed by atoms with E-state index in [0.29, 0.717) is 18.0 Å². The topological polar surface area (TPSA) is 59.6 Å². The SMILES string of the molecule is CNC(=O)C(C)Oc1c(CNC(C)(C)C)cccc1OC. The van der Waals surface area contributed by atoms with Crippen LogP contribution in [0.3, 0.4) is 0 Å². The Balaban J connectivity index is 3.00. The van der Waals surface area contributed by atoms with Gasteiger partial charge in [0.05, 0.1) is 7.11 Å². The summed E-state index contributed by atoms with van der Waals surface area (Å²) in [5.74, 6) is 1.06. The summed E-state index contributed by atoms with van der Waals surface area (Å²) in [5.41, 5.74) is 0.951. The zero-order valence-corrected chi connectivity index (χ0v) is 13.7. The normalized spacial score (nSPS) is 12.7. The van der Waals surface area contributed by atoms with Crippen molar-refractivity contribution in [2.45, 2.75) is 45.9 Å². The molecule has 1 amide bonds. The molecule has 5 nitrogen and oxygen atoms in total. The fraction of sp³-hybridized carbons (Fsp3) is 0.562. The van der Waals surface area contributed by atoms with E-state index in [1.54, 1.807) is 21.1 Å². The van der Waals surface area contributed by atoms with Crippen molar-refractivity contribution in [3.05, 3.63) is 23.8 Å². The fourth-order valence-corrected chi connectivity index (χ4v) is 1.79. The fourth-order valence-electron chi connectivity index (χ4n) is 1.79. The second-order valence-corrected chi connectivity index (χ2v) is 5.93. The van der Waals surface area contributed by atoms with Crippen LogP contribution in [0.1, 0.15) is 33.3 Å². The van der Waals surface area contributed by atoms with Crippen molar-refractivity contribution in [1.29, 1.82) is 0 Å². The molecule has 0 aromatic heterocycles. The zero-order chi connectivity index (χ0) is 16.0. The first-order valence-electron chi connectivity index (χ1n) is 7.07. The van der Waals surface area contributed by atoms with Gasteiger partial charge in [0.15, 0.2) is 17.6 Å². The lowest BCUT2D eigenvalue weighted by Gasteiger charge is -2.23. The number of carbonyl (C=O) groups is 1. The average molecular weight is 294 g/mol. The van der Waals surface area contributed by atoms with Gasteiger partial charge in [-0.1, -0.05) is 12.1 Å². The Labute approximate surface area is 127 Å². The molecule has 0 fully saturated rings. The molecular weight excluding hydrogens is 268 g/mol. The number of ether oxygens (including phenoxy) is 2. The molecule has 0 radical (unpaired) electrons. The van der Waals surface area contributed by atoms with Gasteiger partial charge in [-0.05, 0) is 33.8 Å². The van der Waals surface area contributed by atoms with Crippen molar-refractivity contribution in [2.24, 2.45) is 0 Å². The van der Waals surface area contributed by atoms with Crippen LogP contribution in [-0.2, 0) is 11.3 Å². The molecule has 21 heavy (non-hydrogen) atoms. The third kappa shape index (κ3) is 5.27. The summed E-state index contributed by atoms with van der Waals surface area (Å²) in [5, 5.41) is 5.99. The number of benzene rings is 1. The molecule has 0 bridgehead atoms. The number of nitrogens with one attached hydrogen (secondary N) is 2. The summed E-state index contributed by atoms with van der Waals surface area (Å²) in [4.78, 5) is 11.7. The van der Waals surface area contributed by atoms with Crippen molar-refractivity contribution < 1.29 is 14.3 Å². The van der Waals surface area contributed by atoms with E-state index in [2.05, 4.69) is 31.4 Å². The van der Waals surface area contributed by atoms with Gasteiger partial charge in [0.25, 0.3) is 5.91 Å². The van der Waals surface area contributed by atoms with E-state index >= 15 is 0 Å². The smallest absolute Gasteiger partial charge is 0.260 e. The van der Waals surface area contributed by atoms with Crippen LogP contribution in [0.4, 0.5) is 0 Å². The first kappa shape index (κ1) is 17.3. The monoisotopic (exact) mass is 294 g/mol. The molecule has 0 aliphatic heterocycles. The van der Waals surface area contributed by atoms with Gasteiger partial charge in [0.1, 0.15) is 0 Å². The minimum Gasteiger partial charge on any atom is -0.493 e. The molecule has 1 aromatic rings. The molecule has 0 aliphatic carbocycles. The lowest BCUT2D eigenvalue weighted by molar-refractivity contribution is -0.126. The van der Waals surface area contributed by atoms with Crippen LogP contribution in [0, 0.1) is 0 Å². The van der Waals surface area contributed by atoms with E-state index in [9.17, 15) is 4.79 Å². The number of hydrogen-bond donors (Lipinski definition) is 2. The molecule has 0 heterocycles. The van der Waals surface area contributed by atoms with Crippen LogP contribution in [0.5, 0.6) is 11.5 Å². The van der Waals surface area contributed by atoms with Crippen LogP contribution in [-0.4, -0.2) is 31.7 Å². The number of likely N-dealkylation sites (N-methyl/N-ethyl adjacent to an activating group) is 1. The van der Waals surface area contributed by atoms with Gasteiger partial charge >= 0.3 is 0 Å². The molecule has 1 unspecified atom stereocenters. The highest BCUT2D eigenvalue weighted by Gasteiger charge is 2.19. The molecule has 0 spiro atoms. The maximum atomic E-state index is 11.7. The van der Waals surface area contributed by atoms with Crippen molar-refractivity contribution in [3.8, 4) is 11.5 Å². The third-order valence-corrected chi connectivity index (χ3v) is 3.00. The van der Waals surface area contributed by atoms with Gasteiger partial charge < -0.3 is 20.1 Å². The number of para-hydroxylation sites is 1. The second-order valence-electron chi connectivity index (χ2n) is 5.93. The van der Waals surface area contributed by atoms with E-state index in [0.717, 1.165) is 5.56 Å². The quantitative estimate of drug-likeness (QED) is 0.843. The van der Waals surface area contributed by atoms with Gasteiger partial charge in [-0.25, -0.2) is 0 Å². The molecular formula is C16H26N2O3. The Morgan fingerprint density at radius 1 is 1.33 bits per heavy atom. The van der Waals surface area contributed by atoms with E-state index < -0.39 is 6.10 Å². The molecule has 2 N–H and O–H groups in total. The summed E-state index contributed by atoms with van der Waals surface area (Å²) >= 11 is 0. The maximum Gasteiger partial charge on any atom is 0.260 e. The number of amides is 1. The Morgan fingerprint density at radius 2 is 2.00 bits per heavy atom. The molecule has 1 rings (SSSR count). The van der Waals surface area contributed by atoms with E-state index in [1.807, 2.05) is 18.2 Å². The summed E-state index contributed by atoms with van der Waals surface area (Å²) < 4.78 is 11.2. The predicted molar refractivity (Wildman–Crippen MR) is 83.7 cm³/mol. The van der Waals surface area contributed by atoms with Gasteiger partial charge in [-0.3, -0.25) is 4.79 Å². The van der Waals surface area contributed by atoms with Gasteiger partial charge in [0, 0.05) is 24.7 Å². The van der Waals surface area contributed by atoms with E-state index in [4.69, 9.17) is 9.47 Å². The van der Waals surface area contributed by atoms with Crippen LogP contribution < -0.4 is 20.1 Å². The van der Waals surface area contributed by atoms with Gasteiger partial charge in [0.2, 0.25) is 0 Å². The summed E-state index contributed by atoms with van der Waals surface area (Å²) in [6.07, 6.45) is -0.584. The molecule has 0 saturated carbocycles.